The van der Waals surface area contributed by atoms with Crippen LogP contribution in [0.1, 0.15) is 17.1 Å². The fourth-order valence-electron chi connectivity index (χ4n) is 4.07. The number of hydrogen-bond donors (Lipinski definition) is 4. The van der Waals surface area contributed by atoms with E-state index in [1.165, 1.54) is 23.0 Å². The monoisotopic (exact) mass is 555 g/mol. The molecule has 0 radical (unpaired) electrons. The average molecular weight is 556 g/mol. The highest BCUT2D eigenvalue weighted by molar-refractivity contribution is 8.00. The molecule has 2 atom stereocenters. The van der Waals surface area contributed by atoms with Crippen LogP contribution in [-0.4, -0.2) is 65.6 Å². The second-order valence-electron chi connectivity index (χ2n) is 8.42. The van der Waals surface area contributed by atoms with Crippen LogP contribution in [0.5, 0.6) is 0 Å². The number of carboxylic acid groups (broad SMARTS) is 1. The second-order valence-corrected chi connectivity index (χ2v) is 10.4. The number of H-pyrrole nitrogens is 1. The maximum atomic E-state index is 13.2. The molecule has 15 heteroatoms. The summed E-state index contributed by atoms with van der Waals surface area (Å²) in [6.07, 6.45) is 5.17. The number of aryl methyl sites for hydroxylation is 1. The van der Waals surface area contributed by atoms with Crippen LogP contribution in [0.2, 0.25) is 0 Å². The Bertz CT molecular complexity index is 1450. The van der Waals surface area contributed by atoms with Crippen LogP contribution in [0, 0.1) is 6.92 Å². The zero-order valence-electron chi connectivity index (χ0n) is 20.0. The van der Waals surface area contributed by atoms with Gasteiger partial charge in [-0.2, -0.15) is 0 Å². The van der Waals surface area contributed by atoms with Gasteiger partial charge in [0.25, 0.3) is 11.8 Å². The van der Waals surface area contributed by atoms with Crippen LogP contribution < -0.4 is 15.6 Å². The minimum atomic E-state index is -1.19. The molecule has 0 aromatic carbocycles. The molecule has 0 spiro atoms. The second kappa shape index (κ2) is 10.6. The summed E-state index contributed by atoms with van der Waals surface area (Å²) in [4.78, 5) is 56.2. The Labute approximate surface area is 224 Å². The first-order valence-electron chi connectivity index (χ1n) is 11.4. The largest absolute Gasteiger partial charge is 0.477 e. The predicted molar refractivity (Wildman–Crippen MR) is 137 cm³/mol. The Morgan fingerprint density at radius 3 is 2.82 bits per heavy atom. The molecule has 0 bridgehead atoms. The van der Waals surface area contributed by atoms with Gasteiger partial charge in [-0.25, -0.2) is 19.3 Å². The number of oxime groups is 1. The van der Waals surface area contributed by atoms with Gasteiger partial charge in [0.1, 0.15) is 28.5 Å². The topological polar surface area (TPSA) is 180 Å². The van der Waals surface area contributed by atoms with E-state index in [2.05, 4.69) is 25.4 Å². The van der Waals surface area contributed by atoms with Crippen molar-refractivity contribution in [1.29, 1.82) is 0 Å². The van der Waals surface area contributed by atoms with E-state index in [0.29, 0.717) is 23.6 Å². The number of hydrogen-bond acceptors (Lipinski definition) is 10. The number of nitrogens with zero attached hydrogens (tertiary/aromatic N) is 5. The Morgan fingerprint density at radius 1 is 1.37 bits per heavy atom. The molecule has 3 aromatic rings. The van der Waals surface area contributed by atoms with E-state index in [9.17, 15) is 19.5 Å². The van der Waals surface area contributed by atoms with Crippen molar-refractivity contribution in [2.75, 3.05) is 11.5 Å². The highest BCUT2D eigenvalue weighted by Gasteiger charge is 2.54. The number of nitrogen functional groups attached to an aromatic ring is 1. The lowest BCUT2D eigenvalue weighted by Crippen LogP contribution is -2.71. The third-order valence-electron chi connectivity index (χ3n) is 5.96. The van der Waals surface area contributed by atoms with E-state index >= 15 is 0 Å². The number of carboxylic acids is 1. The standard InChI is InChI=1S/C23H22N8O5S2/c1-12-14(26-11-25-12)8-36-29-16(15-10-38-23(24)27-15)19(32)28-17-20(33)31-18(22(34)35)13(9-37-21(17)31)7-30-5-3-2-4-6-30/h2-6,10-11,17,21H,7-9H2,1H3,(H4-,24,25,26,27,28,32,34,35)/p+1/t17-,21+/m1/s1. The lowest BCUT2D eigenvalue weighted by molar-refractivity contribution is -0.689. The fourth-order valence-corrected chi connectivity index (χ4v) is 5.95. The zero-order chi connectivity index (χ0) is 26.8. The van der Waals surface area contributed by atoms with Gasteiger partial charge in [-0.3, -0.25) is 14.5 Å². The van der Waals surface area contributed by atoms with Crippen LogP contribution in [0.25, 0.3) is 0 Å². The normalized spacial score (nSPS) is 19.1. The molecule has 2 amide bonds. The molecule has 2 aliphatic rings. The molecule has 5 N–H and O–H groups in total. The van der Waals surface area contributed by atoms with Crippen LogP contribution in [0.15, 0.2) is 58.7 Å². The fraction of sp³-hybridized carbons (Fsp3) is 0.261. The number of thioether (sulfide) groups is 1. The zero-order valence-corrected chi connectivity index (χ0v) is 21.7. The van der Waals surface area contributed by atoms with Crippen molar-refractivity contribution in [2.45, 2.75) is 31.5 Å². The first-order chi connectivity index (χ1) is 18.3. The molecule has 0 unspecified atom stereocenters. The molecule has 5 rings (SSSR count). The van der Waals surface area contributed by atoms with E-state index < -0.39 is 29.2 Å². The van der Waals surface area contributed by atoms with Gasteiger partial charge >= 0.3 is 5.97 Å². The number of carbonyl (C=O) groups is 3. The third kappa shape index (κ3) is 4.97. The van der Waals surface area contributed by atoms with Gasteiger partial charge in [0.2, 0.25) is 0 Å². The van der Waals surface area contributed by atoms with E-state index in [-0.39, 0.29) is 28.8 Å². The summed E-state index contributed by atoms with van der Waals surface area (Å²) in [7, 11) is 0. The summed E-state index contributed by atoms with van der Waals surface area (Å²) < 4.78 is 1.84. The number of anilines is 1. The lowest BCUT2D eigenvalue weighted by atomic mass is 10.0. The Morgan fingerprint density at radius 2 is 2.16 bits per heavy atom. The highest BCUT2D eigenvalue weighted by atomic mass is 32.2. The van der Waals surface area contributed by atoms with Crippen LogP contribution in [0.4, 0.5) is 5.13 Å². The molecule has 0 saturated carbocycles. The number of imidazole rings is 1. The third-order valence-corrected chi connectivity index (χ3v) is 7.97. The van der Waals surface area contributed by atoms with Crippen molar-refractivity contribution >= 4 is 51.7 Å². The predicted octanol–water partition coefficient (Wildman–Crippen LogP) is 0.404. The molecule has 3 aromatic heterocycles. The molecular weight excluding hydrogens is 532 g/mol. The van der Waals surface area contributed by atoms with Crippen LogP contribution >= 0.6 is 23.1 Å². The lowest BCUT2D eigenvalue weighted by Gasteiger charge is -2.49. The van der Waals surface area contributed by atoms with Crippen LogP contribution in [-0.2, 0) is 32.4 Å². The van der Waals surface area contributed by atoms with Crippen LogP contribution in [0.3, 0.4) is 0 Å². The molecule has 5 heterocycles. The van der Waals surface area contributed by atoms with Gasteiger partial charge in [-0.15, -0.1) is 23.1 Å². The number of nitrogens with two attached hydrogens (primary N) is 1. The van der Waals surface area contributed by atoms with Crippen molar-refractivity contribution in [3.8, 4) is 0 Å². The first kappa shape index (κ1) is 25.4. The molecule has 196 valence electrons. The van der Waals surface area contributed by atoms with Gasteiger partial charge in [-0.05, 0) is 6.92 Å². The maximum Gasteiger partial charge on any atom is 0.352 e. The Kier molecular flexibility index (Phi) is 7.11. The number of rotatable bonds is 9. The summed E-state index contributed by atoms with van der Waals surface area (Å²) >= 11 is 2.51. The summed E-state index contributed by atoms with van der Waals surface area (Å²) in [5.74, 6) is -2.02. The number of carbonyl (C=O) groups excluding carboxylic acids is 2. The van der Waals surface area contributed by atoms with Crippen molar-refractivity contribution in [1.82, 2.24) is 25.2 Å². The molecule has 1 saturated heterocycles. The molecule has 2 aliphatic heterocycles. The number of fused-ring (bicyclic) bond motifs is 1. The Hall–Kier alpha value is -4.24. The number of aromatic nitrogens is 4. The van der Waals surface area contributed by atoms with Gasteiger partial charge in [-0.1, -0.05) is 11.2 Å². The minimum absolute atomic E-state index is 0.00924. The van der Waals surface area contributed by atoms with Gasteiger partial charge < -0.3 is 26.0 Å². The molecule has 1 fully saturated rings. The maximum absolute atomic E-state index is 13.2. The number of aliphatic carboxylic acids is 1. The molecule has 0 aliphatic carbocycles. The quantitative estimate of drug-likeness (QED) is 0.126. The summed E-state index contributed by atoms with van der Waals surface area (Å²) in [6.45, 7) is 2.16. The number of pyridine rings is 1. The summed E-state index contributed by atoms with van der Waals surface area (Å²) in [5, 5.41) is 17.8. The van der Waals surface area contributed by atoms with Gasteiger partial charge in [0.05, 0.1) is 6.33 Å². The number of thiazole rings is 1. The number of aromatic amines is 1. The number of β-lactam (4-membered cyclic amide) rings is 1. The first-order valence-corrected chi connectivity index (χ1v) is 13.3. The van der Waals surface area contributed by atoms with E-state index in [0.717, 1.165) is 17.0 Å². The van der Waals surface area contributed by atoms with Gasteiger partial charge in [0, 0.05) is 34.5 Å². The van der Waals surface area contributed by atoms with E-state index in [4.69, 9.17) is 10.6 Å². The molecular formula is C23H23N8O5S2+. The van der Waals surface area contributed by atoms with Crippen molar-refractivity contribution in [3.05, 3.63) is 70.7 Å². The average Bonchev–Trinajstić information content (AvgIpc) is 3.52. The SMILES string of the molecule is Cc1[nH]cnc1CON=C(C(=O)N[C@@H]1C(=O)N2C(C(=O)O)=C(C[n+]3ccccc3)CS[C@@H]12)c1csc(N)n1. The van der Waals surface area contributed by atoms with Crippen molar-refractivity contribution < 1.29 is 28.9 Å². The van der Waals surface area contributed by atoms with Crippen molar-refractivity contribution in [2.24, 2.45) is 5.16 Å². The van der Waals surface area contributed by atoms with E-state index in [1.807, 2.05) is 42.1 Å². The molecule has 38 heavy (non-hydrogen) atoms. The molecule has 13 nitrogen and oxygen atoms in total. The Balaban J connectivity index is 1.33. The van der Waals surface area contributed by atoms with Gasteiger partial charge in [0.15, 0.2) is 36.4 Å². The smallest absolute Gasteiger partial charge is 0.352 e. The minimum Gasteiger partial charge on any atom is -0.477 e. The number of amides is 2. The van der Waals surface area contributed by atoms with E-state index in [1.54, 1.807) is 5.38 Å². The highest BCUT2D eigenvalue weighted by Crippen LogP contribution is 2.40. The summed E-state index contributed by atoms with van der Waals surface area (Å²) in [5.41, 5.74) is 7.74. The number of nitrogens with one attached hydrogen (secondary N) is 2. The summed E-state index contributed by atoms with van der Waals surface area (Å²) in [6, 6.07) is 4.60. The van der Waals surface area contributed by atoms with Crippen molar-refractivity contribution in [3.63, 3.8) is 0 Å².